The molecule has 0 heterocycles. The largest absolute Gasteiger partial charge is 0.481 e. The van der Waals surface area contributed by atoms with Crippen LogP contribution in [0.4, 0.5) is 0 Å². The molecule has 1 aromatic carbocycles. The highest BCUT2D eigenvalue weighted by molar-refractivity contribution is 9.11. The highest BCUT2D eigenvalue weighted by Crippen LogP contribution is 2.34. The van der Waals surface area contributed by atoms with Crippen LogP contribution in [-0.4, -0.2) is 29.6 Å². The molecule has 0 unspecified atom stereocenters. The molecule has 7 heteroatoms. The van der Waals surface area contributed by atoms with Crippen molar-refractivity contribution in [3.05, 3.63) is 26.6 Å². The van der Waals surface area contributed by atoms with Crippen molar-refractivity contribution in [1.29, 1.82) is 0 Å². The highest BCUT2D eigenvalue weighted by atomic mass is 79.9. The Kier molecular flexibility index (Phi) is 6.48. The van der Waals surface area contributed by atoms with E-state index >= 15 is 0 Å². The van der Waals surface area contributed by atoms with Crippen LogP contribution in [0.1, 0.15) is 30.6 Å². The molecule has 0 fully saturated rings. The molecule has 1 rings (SSSR count). The fourth-order valence-electron chi connectivity index (χ4n) is 1.38. The van der Waals surface area contributed by atoms with Crippen LogP contribution >= 0.6 is 31.9 Å². The number of carboxylic acids is 1. The maximum absolute atomic E-state index is 11.6. The second-order valence-corrected chi connectivity index (χ2v) is 5.95. The smallest absolute Gasteiger partial charge is 0.335 e. The average molecular weight is 409 g/mol. The van der Waals surface area contributed by atoms with Gasteiger partial charge >= 0.3 is 5.97 Å². The Balaban J connectivity index is 2.74. The molecule has 0 aliphatic rings. The number of hydrogen-bond donors (Lipinski definition) is 2. The van der Waals surface area contributed by atoms with Crippen LogP contribution in [0, 0.1) is 0 Å². The van der Waals surface area contributed by atoms with Crippen molar-refractivity contribution < 1.29 is 19.4 Å². The zero-order valence-electron chi connectivity index (χ0n) is 11.1. The zero-order chi connectivity index (χ0) is 15.3. The Morgan fingerprint density at radius 2 is 1.90 bits per heavy atom. The van der Waals surface area contributed by atoms with E-state index in [-0.39, 0.29) is 24.1 Å². The Hall–Kier alpha value is -1.08. The van der Waals surface area contributed by atoms with E-state index in [9.17, 15) is 9.59 Å². The monoisotopic (exact) mass is 407 g/mol. The molecule has 0 aromatic heterocycles. The molecule has 0 bridgehead atoms. The van der Waals surface area contributed by atoms with Gasteiger partial charge in [0.2, 0.25) is 0 Å². The van der Waals surface area contributed by atoms with Crippen LogP contribution in [0.25, 0.3) is 0 Å². The lowest BCUT2D eigenvalue weighted by Crippen LogP contribution is -2.35. The maximum atomic E-state index is 11.6. The second-order valence-electron chi connectivity index (χ2n) is 4.24. The maximum Gasteiger partial charge on any atom is 0.335 e. The van der Waals surface area contributed by atoms with Gasteiger partial charge in [0, 0.05) is 6.04 Å². The highest BCUT2D eigenvalue weighted by Gasteiger charge is 2.14. The average Bonchev–Trinajstić information content (AvgIpc) is 2.37. The van der Waals surface area contributed by atoms with Crippen molar-refractivity contribution >= 4 is 43.7 Å². The van der Waals surface area contributed by atoms with Crippen LogP contribution in [0.2, 0.25) is 0 Å². The topological polar surface area (TPSA) is 75.6 Å². The summed E-state index contributed by atoms with van der Waals surface area (Å²) in [7, 11) is 0. The molecular formula is C13H15Br2NO4. The number of carbonyl (C=O) groups excluding carboxylic acids is 1. The molecule has 0 saturated heterocycles. The summed E-state index contributed by atoms with van der Waals surface area (Å²) in [5.74, 6) is -0.859. The van der Waals surface area contributed by atoms with Crippen molar-refractivity contribution in [3.63, 3.8) is 0 Å². The van der Waals surface area contributed by atoms with Gasteiger partial charge in [0.1, 0.15) is 5.75 Å². The summed E-state index contributed by atoms with van der Waals surface area (Å²) in [6.07, 6.45) is 0.840. The van der Waals surface area contributed by atoms with Crippen molar-refractivity contribution in [2.75, 3.05) is 6.61 Å². The number of hydrogen-bond acceptors (Lipinski definition) is 3. The van der Waals surface area contributed by atoms with E-state index in [1.54, 1.807) is 0 Å². The minimum atomic E-state index is -1.03. The van der Waals surface area contributed by atoms with Crippen molar-refractivity contribution in [3.8, 4) is 5.75 Å². The fraction of sp³-hybridized carbons (Fsp3) is 0.385. The minimum Gasteiger partial charge on any atom is -0.481 e. The summed E-state index contributed by atoms with van der Waals surface area (Å²) >= 11 is 6.46. The summed E-state index contributed by atoms with van der Waals surface area (Å²) in [5, 5.41) is 11.7. The van der Waals surface area contributed by atoms with Crippen LogP contribution in [0.15, 0.2) is 21.1 Å². The third kappa shape index (κ3) is 4.79. The molecule has 0 spiro atoms. The van der Waals surface area contributed by atoms with Gasteiger partial charge in [0.05, 0.1) is 14.5 Å². The fourth-order valence-corrected chi connectivity index (χ4v) is 2.79. The first-order chi connectivity index (χ1) is 9.35. The zero-order valence-corrected chi connectivity index (χ0v) is 14.2. The number of carboxylic acid groups (broad SMARTS) is 1. The molecule has 0 aliphatic heterocycles. The first kappa shape index (κ1) is 17.0. The number of nitrogens with one attached hydrogen (secondary N) is 1. The van der Waals surface area contributed by atoms with Crippen LogP contribution in [0.3, 0.4) is 0 Å². The first-order valence-corrected chi connectivity index (χ1v) is 7.58. The third-order valence-corrected chi connectivity index (χ3v) is 3.79. The molecular weight excluding hydrogens is 394 g/mol. The molecule has 0 radical (unpaired) electrons. The SMILES string of the molecule is CC[C@H](C)NC(=O)COc1c(Br)cc(C(=O)O)cc1Br. The van der Waals surface area contributed by atoms with E-state index in [2.05, 4.69) is 37.2 Å². The van der Waals surface area contributed by atoms with E-state index in [0.29, 0.717) is 14.7 Å². The lowest BCUT2D eigenvalue weighted by molar-refractivity contribution is -0.123. The first-order valence-electron chi connectivity index (χ1n) is 5.99. The van der Waals surface area contributed by atoms with Crippen molar-refractivity contribution in [2.45, 2.75) is 26.3 Å². The van der Waals surface area contributed by atoms with E-state index in [1.807, 2.05) is 13.8 Å². The summed E-state index contributed by atoms with van der Waals surface area (Å²) in [5.41, 5.74) is 0.125. The van der Waals surface area contributed by atoms with Gasteiger partial charge in [0.25, 0.3) is 5.91 Å². The quantitative estimate of drug-likeness (QED) is 0.757. The minimum absolute atomic E-state index is 0.0902. The number of benzene rings is 1. The van der Waals surface area contributed by atoms with Gasteiger partial charge in [-0.25, -0.2) is 4.79 Å². The predicted molar refractivity (Wildman–Crippen MR) is 82.2 cm³/mol. The van der Waals surface area contributed by atoms with Gasteiger partial charge in [-0.2, -0.15) is 0 Å². The van der Waals surface area contributed by atoms with Gasteiger partial charge in [0.15, 0.2) is 6.61 Å². The second kappa shape index (κ2) is 7.64. The lowest BCUT2D eigenvalue weighted by atomic mass is 10.2. The molecule has 1 atom stereocenters. The molecule has 110 valence electrons. The summed E-state index contributed by atoms with van der Waals surface area (Å²) in [6.45, 7) is 3.75. The van der Waals surface area contributed by atoms with E-state index < -0.39 is 5.97 Å². The van der Waals surface area contributed by atoms with Gasteiger partial charge in [-0.15, -0.1) is 0 Å². The van der Waals surface area contributed by atoms with Crippen LogP contribution in [0.5, 0.6) is 5.75 Å². The number of carbonyl (C=O) groups is 2. The van der Waals surface area contributed by atoms with E-state index in [1.165, 1.54) is 12.1 Å². The van der Waals surface area contributed by atoms with Crippen LogP contribution < -0.4 is 10.1 Å². The number of aromatic carboxylic acids is 1. The standard InChI is InChI=1S/C13H15Br2NO4/c1-3-7(2)16-11(17)6-20-12-9(14)4-8(13(18)19)5-10(12)15/h4-5,7H,3,6H2,1-2H3,(H,16,17)(H,18,19)/t7-/m0/s1. The lowest BCUT2D eigenvalue weighted by Gasteiger charge is -2.14. The summed E-state index contributed by atoms with van der Waals surface area (Å²) in [6, 6.07) is 2.94. The van der Waals surface area contributed by atoms with Crippen LogP contribution in [-0.2, 0) is 4.79 Å². The molecule has 0 aliphatic carbocycles. The molecule has 1 amide bonds. The molecule has 1 aromatic rings. The molecule has 20 heavy (non-hydrogen) atoms. The van der Waals surface area contributed by atoms with E-state index in [0.717, 1.165) is 6.42 Å². The predicted octanol–water partition coefficient (Wildman–Crippen LogP) is 3.20. The summed E-state index contributed by atoms with van der Waals surface area (Å²) in [4.78, 5) is 22.5. The number of ether oxygens (including phenoxy) is 1. The Labute approximate surface area is 134 Å². The molecule has 5 nitrogen and oxygen atoms in total. The molecule has 2 N–H and O–H groups in total. The van der Waals surface area contributed by atoms with Gasteiger partial charge < -0.3 is 15.2 Å². The number of halogens is 2. The number of rotatable bonds is 6. The Morgan fingerprint density at radius 1 is 1.35 bits per heavy atom. The van der Waals surface area contributed by atoms with Gasteiger partial charge in [-0.3, -0.25) is 4.79 Å². The van der Waals surface area contributed by atoms with E-state index in [4.69, 9.17) is 9.84 Å². The van der Waals surface area contributed by atoms with Gasteiger partial charge in [-0.1, -0.05) is 6.92 Å². The van der Waals surface area contributed by atoms with Crippen molar-refractivity contribution in [2.24, 2.45) is 0 Å². The summed E-state index contributed by atoms with van der Waals surface area (Å²) < 4.78 is 6.36. The Morgan fingerprint density at radius 3 is 2.35 bits per heavy atom. The third-order valence-electron chi connectivity index (χ3n) is 2.61. The molecule has 0 saturated carbocycles. The normalized spacial score (nSPS) is 11.8. The van der Waals surface area contributed by atoms with Gasteiger partial charge in [-0.05, 0) is 57.3 Å². The number of amides is 1. The van der Waals surface area contributed by atoms with Crippen molar-refractivity contribution in [1.82, 2.24) is 5.32 Å². The Bertz CT molecular complexity index is 496.